The topological polar surface area (TPSA) is 50.7 Å². The van der Waals surface area contributed by atoms with Crippen LogP contribution in [0.5, 0.6) is 0 Å². The summed E-state index contributed by atoms with van der Waals surface area (Å²) in [6, 6.07) is 58.2. The molecule has 0 radical (unpaired) electrons. The maximum absolute atomic E-state index is 6.51. The van der Waals surface area contributed by atoms with E-state index < -0.39 is 0 Å². The molecule has 0 aliphatic heterocycles. The highest BCUT2D eigenvalue weighted by molar-refractivity contribution is 6.28. The van der Waals surface area contributed by atoms with Crippen molar-refractivity contribution in [1.29, 1.82) is 0 Å². The summed E-state index contributed by atoms with van der Waals surface area (Å²) >= 11 is 0. The number of fused-ring (bicyclic) bond motifs is 9. The standard InChI is InChI=1S/C48H37N3/c1-48(2)43-23-12-11-20-39(43)40-27-25-34(29-44(40)48)35-21-13-22-41-37-19-10-9-18-36(37)38-26-24-31(28-42(38)45(35)41)30-50-47(33-16-7-4-8-17-33)51-46(49)32-14-5-3-6-15-32/h3-29H,30H2,1-2H3,(H2,49,50,51). The van der Waals surface area contributed by atoms with E-state index in [1.807, 2.05) is 60.7 Å². The zero-order valence-electron chi connectivity index (χ0n) is 28.8. The van der Waals surface area contributed by atoms with Gasteiger partial charge in [-0.15, -0.1) is 0 Å². The summed E-state index contributed by atoms with van der Waals surface area (Å²) in [5.74, 6) is 1.06. The van der Waals surface area contributed by atoms with Crippen molar-refractivity contribution in [1.82, 2.24) is 0 Å². The normalized spacial score (nSPS) is 13.8. The number of benzene rings is 8. The van der Waals surface area contributed by atoms with Gasteiger partial charge in [-0.3, -0.25) is 4.99 Å². The van der Waals surface area contributed by atoms with Gasteiger partial charge in [0.25, 0.3) is 0 Å². The van der Waals surface area contributed by atoms with Crippen LogP contribution >= 0.6 is 0 Å². The smallest absolute Gasteiger partial charge is 0.157 e. The Hall–Kier alpha value is -6.32. The van der Waals surface area contributed by atoms with Gasteiger partial charge < -0.3 is 5.73 Å². The molecule has 0 atom stereocenters. The van der Waals surface area contributed by atoms with Crippen molar-refractivity contribution in [3.05, 3.63) is 192 Å². The van der Waals surface area contributed by atoms with Gasteiger partial charge in [-0.1, -0.05) is 166 Å². The lowest BCUT2D eigenvalue weighted by Crippen LogP contribution is -2.16. The summed E-state index contributed by atoms with van der Waals surface area (Å²) in [6.45, 7) is 5.16. The average molecular weight is 656 g/mol. The number of hydrogen-bond donors (Lipinski definition) is 1. The summed E-state index contributed by atoms with van der Waals surface area (Å²) in [5.41, 5.74) is 17.3. The fourth-order valence-corrected chi connectivity index (χ4v) is 8.00. The van der Waals surface area contributed by atoms with Gasteiger partial charge in [0.1, 0.15) is 5.84 Å². The Morgan fingerprint density at radius 2 is 1.12 bits per heavy atom. The van der Waals surface area contributed by atoms with Crippen LogP contribution in [-0.4, -0.2) is 11.7 Å². The number of hydrogen-bond acceptors (Lipinski definition) is 1. The van der Waals surface area contributed by atoms with Crippen LogP contribution in [0.1, 0.15) is 41.7 Å². The third-order valence-electron chi connectivity index (χ3n) is 10.6. The van der Waals surface area contributed by atoms with Gasteiger partial charge in [-0.25, -0.2) is 4.99 Å². The number of nitrogens with two attached hydrogens (primary N) is 1. The molecule has 0 aromatic heterocycles. The van der Waals surface area contributed by atoms with E-state index in [0.29, 0.717) is 18.2 Å². The van der Waals surface area contributed by atoms with Crippen molar-refractivity contribution in [2.24, 2.45) is 15.7 Å². The van der Waals surface area contributed by atoms with Crippen LogP contribution in [0.4, 0.5) is 0 Å². The molecule has 8 aromatic rings. The first-order valence-corrected chi connectivity index (χ1v) is 17.6. The molecule has 3 heteroatoms. The molecule has 0 saturated carbocycles. The summed E-state index contributed by atoms with van der Waals surface area (Å²) in [6.07, 6.45) is 0. The molecule has 0 heterocycles. The van der Waals surface area contributed by atoms with E-state index in [-0.39, 0.29) is 5.41 Å². The van der Waals surface area contributed by atoms with Gasteiger partial charge in [-0.05, 0) is 83.4 Å². The number of amidine groups is 2. The maximum Gasteiger partial charge on any atom is 0.157 e. The molecule has 0 fully saturated rings. The predicted molar refractivity (Wildman–Crippen MR) is 216 cm³/mol. The molecule has 1 aliphatic carbocycles. The highest BCUT2D eigenvalue weighted by Gasteiger charge is 2.35. The Labute approximate surface area is 298 Å². The van der Waals surface area contributed by atoms with E-state index in [9.17, 15) is 0 Å². The fourth-order valence-electron chi connectivity index (χ4n) is 8.00. The molecule has 51 heavy (non-hydrogen) atoms. The highest BCUT2D eigenvalue weighted by Crippen LogP contribution is 2.50. The molecule has 0 unspecified atom stereocenters. The van der Waals surface area contributed by atoms with Crippen molar-refractivity contribution in [2.75, 3.05) is 0 Å². The van der Waals surface area contributed by atoms with Crippen LogP contribution in [0.3, 0.4) is 0 Å². The molecule has 3 nitrogen and oxygen atoms in total. The van der Waals surface area contributed by atoms with E-state index in [1.165, 1.54) is 65.7 Å². The van der Waals surface area contributed by atoms with E-state index in [4.69, 9.17) is 15.7 Å². The first-order chi connectivity index (χ1) is 25.0. The Morgan fingerprint density at radius 1 is 0.510 bits per heavy atom. The van der Waals surface area contributed by atoms with Crippen molar-refractivity contribution in [2.45, 2.75) is 25.8 Å². The van der Waals surface area contributed by atoms with Gasteiger partial charge in [0.2, 0.25) is 0 Å². The van der Waals surface area contributed by atoms with Gasteiger partial charge in [0, 0.05) is 16.5 Å². The van der Waals surface area contributed by atoms with E-state index in [0.717, 1.165) is 16.7 Å². The largest absolute Gasteiger partial charge is 0.383 e. The molecule has 8 aromatic carbocycles. The molecular weight excluding hydrogens is 619 g/mol. The van der Waals surface area contributed by atoms with Gasteiger partial charge >= 0.3 is 0 Å². The van der Waals surface area contributed by atoms with Crippen LogP contribution in [0.2, 0.25) is 0 Å². The molecular formula is C48H37N3. The van der Waals surface area contributed by atoms with Gasteiger partial charge in [0.15, 0.2) is 5.84 Å². The lowest BCUT2D eigenvalue weighted by molar-refractivity contribution is 0.660. The SMILES string of the molecule is CC1(C)c2ccccc2-c2ccc(-c3cccc4c5ccccc5c5ccc(CN=C(N=C(N)c6ccccc6)c6ccccc6)cc5c34)cc21. The first kappa shape index (κ1) is 30.7. The molecule has 244 valence electrons. The summed E-state index contributed by atoms with van der Waals surface area (Å²) < 4.78 is 0. The maximum atomic E-state index is 6.51. The van der Waals surface area contributed by atoms with Gasteiger partial charge in [0.05, 0.1) is 6.54 Å². The highest BCUT2D eigenvalue weighted by atomic mass is 15.0. The quantitative estimate of drug-likeness (QED) is 0.112. The summed E-state index contributed by atoms with van der Waals surface area (Å²) in [7, 11) is 0. The van der Waals surface area contributed by atoms with Crippen LogP contribution in [-0.2, 0) is 12.0 Å². The molecule has 0 spiro atoms. The van der Waals surface area contributed by atoms with Crippen LogP contribution in [0, 0.1) is 0 Å². The van der Waals surface area contributed by atoms with Gasteiger partial charge in [-0.2, -0.15) is 0 Å². The zero-order chi connectivity index (χ0) is 34.5. The molecule has 2 N–H and O–H groups in total. The first-order valence-electron chi connectivity index (χ1n) is 17.6. The van der Waals surface area contributed by atoms with E-state index in [1.54, 1.807) is 0 Å². The Morgan fingerprint density at radius 3 is 1.90 bits per heavy atom. The number of rotatable bonds is 5. The van der Waals surface area contributed by atoms with Crippen molar-refractivity contribution in [3.63, 3.8) is 0 Å². The van der Waals surface area contributed by atoms with Crippen molar-refractivity contribution < 1.29 is 0 Å². The Kier molecular flexibility index (Phi) is 7.36. The Bertz CT molecular complexity index is 2690. The molecule has 9 rings (SSSR count). The van der Waals surface area contributed by atoms with Crippen LogP contribution < -0.4 is 5.73 Å². The van der Waals surface area contributed by atoms with Crippen LogP contribution in [0.25, 0.3) is 54.6 Å². The minimum absolute atomic E-state index is 0.0741. The second kappa shape index (κ2) is 12.2. The number of nitrogens with zero attached hydrogens (tertiary/aromatic N) is 2. The summed E-state index contributed by atoms with van der Waals surface area (Å²) in [5, 5.41) is 7.50. The second-order valence-electron chi connectivity index (χ2n) is 14.0. The lowest BCUT2D eigenvalue weighted by Gasteiger charge is -2.22. The molecule has 0 bridgehead atoms. The zero-order valence-corrected chi connectivity index (χ0v) is 28.8. The third-order valence-corrected chi connectivity index (χ3v) is 10.6. The number of aliphatic imine (C=N–C) groups is 2. The van der Waals surface area contributed by atoms with Crippen LogP contribution in [0.15, 0.2) is 174 Å². The van der Waals surface area contributed by atoms with E-state index >= 15 is 0 Å². The fraction of sp³-hybridized carbons (Fsp3) is 0.0833. The van der Waals surface area contributed by atoms with Crippen molar-refractivity contribution in [3.8, 4) is 22.3 Å². The third kappa shape index (κ3) is 5.21. The monoisotopic (exact) mass is 655 g/mol. The molecule has 0 amide bonds. The average Bonchev–Trinajstić information content (AvgIpc) is 3.42. The lowest BCUT2D eigenvalue weighted by atomic mass is 9.81. The molecule has 0 saturated heterocycles. The van der Waals surface area contributed by atoms with Crippen molar-refractivity contribution >= 4 is 44.0 Å². The summed E-state index contributed by atoms with van der Waals surface area (Å²) in [4.78, 5) is 9.92. The second-order valence-corrected chi connectivity index (χ2v) is 14.0. The minimum Gasteiger partial charge on any atom is -0.383 e. The predicted octanol–water partition coefficient (Wildman–Crippen LogP) is 11.5. The van der Waals surface area contributed by atoms with E-state index in [2.05, 4.69) is 117 Å². The minimum atomic E-state index is -0.0741. The molecule has 1 aliphatic rings. The Balaban J connectivity index is 1.22.